The summed E-state index contributed by atoms with van der Waals surface area (Å²) in [5.74, 6) is 1.94. The van der Waals surface area contributed by atoms with Crippen molar-refractivity contribution in [1.82, 2.24) is 19.9 Å². The number of rotatable bonds is 4. The third-order valence-corrected chi connectivity index (χ3v) is 9.50. The summed E-state index contributed by atoms with van der Waals surface area (Å²) < 4.78 is 0. The van der Waals surface area contributed by atoms with Gasteiger partial charge in [-0.1, -0.05) is 153 Å². The van der Waals surface area contributed by atoms with Crippen LogP contribution in [0.3, 0.4) is 0 Å². The lowest BCUT2D eigenvalue weighted by atomic mass is 9.79. The van der Waals surface area contributed by atoms with Crippen molar-refractivity contribution in [1.29, 1.82) is 0 Å². The molecule has 0 bridgehead atoms. The van der Waals surface area contributed by atoms with Crippen LogP contribution in [0, 0.1) is 0 Å². The van der Waals surface area contributed by atoms with Gasteiger partial charge in [-0.05, 0) is 33.7 Å². The Morgan fingerprint density at radius 3 is 1.60 bits per heavy atom. The van der Waals surface area contributed by atoms with Gasteiger partial charge in [0.15, 0.2) is 17.5 Å². The van der Waals surface area contributed by atoms with Crippen LogP contribution in [0.5, 0.6) is 0 Å². The molecule has 6 aromatic carbocycles. The van der Waals surface area contributed by atoms with E-state index in [1.807, 2.05) is 60.7 Å². The third-order valence-electron chi connectivity index (χ3n) is 9.50. The minimum Gasteiger partial charge on any atom is -0.247 e. The standard InChI is InChI=1S/C43H30N4/c1-43(2)35-19-11-9-17-31(35)32-25-26-34-37(38(32)43)33-18-10-12-20-36(33)44-39(34)27-21-23-30(24-22-27)42-46-40(28-13-5-3-6-14-28)45-41(47-42)29-15-7-4-8-16-29/h3-26H,1-2H3. The van der Waals surface area contributed by atoms with E-state index in [0.717, 1.165) is 38.9 Å². The van der Waals surface area contributed by atoms with Gasteiger partial charge in [-0.3, -0.25) is 0 Å². The van der Waals surface area contributed by atoms with E-state index in [-0.39, 0.29) is 5.41 Å². The van der Waals surface area contributed by atoms with Gasteiger partial charge in [0, 0.05) is 38.4 Å². The van der Waals surface area contributed by atoms with Crippen molar-refractivity contribution in [2.24, 2.45) is 0 Å². The van der Waals surface area contributed by atoms with Crippen molar-refractivity contribution in [3.63, 3.8) is 0 Å². The van der Waals surface area contributed by atoms with E-state index in [4.69, 9.17) is 19.9 Å². The smallest absolute Gasteiger partial charge is 0.164 e. The molecule has 4 nitrogen and oxygen atoms in total. The Balaban J connectivity index is 1.21. The summed E-state index contributed by atoms with van der Waals surface area (Å²) in [4.78, 5) is 20.0. The van der Waals surface area contributed by atoms with E-state index >= 15 is 0 Å². The van der Waals surface area contributed by atoms with Gasteiger partial charge < -0.3 is 0 Å². The van der Waals surface area contributed by atoms with Crippen LogP contribution < -0.4 is 0 Å². The lowest BCUT2D eigenvalue weighted by molar-refractivity contribution is 0.666. The number of benzene rings is 6. The fourth-order valence-electron chi connectivity index (χ4n) is 7.25. The number of hydrogen-bond donors (Lipinski definition) is 0. The minimum atomic E-state index is -0.137. The molecule has 0 saturated carbocycles. The molecule has 0 atom stereocenters. The summed E-state index contributed by atoms with van der Waals surface area (Å²) in [7, 11) is 0. The molecule has 0 amide bonds. The van der Waals surface area contributed by atoms with E-state index in [0.29, 0.717) is 17.5 Å². The number of pyridine rings is 1. The molecule has 0 spiro atoms. The zero-order valence-corrected chi connectivity index (χ0v) is 26.1. The van der Waals surface area contributed by atoms with Gasteiger partial charge >= 0.3 is 0 Å². The monoisotopic (exact) mass is 602 g/mol. The van der Waals surface area contributed by atoms with E-state index in [9.17, 15) is 0 Å². The van der Waals surface area contributed by atoms with Crippen molar-refractivity contribution in [2.75, 3.05) is 0 Å². The second-order valence-electron chi connectivity index (χ2n) is 12.7. The highest BCUT2D eigenvalue weighted by Gasteiger charge is 2.37. The number of hydrogen-bond acceptors (Lipinski definition) is 4. The molecule has 4 heteroatoms. The van der Waals surface area contributed by atoms with Gasteiger partial charge in [-0.15, -0.1) is 0 Å². The Kier molecular flexibility index (Phi) is 6.12. The first-order chi connectivity index (χ1) is 23.1. The molecule has 0 N–H and O–H groups in total. The molecule has 1 aliphatic rings. The predicted octanol–water partition coefficient (Wildman–Crippen LogP) is 10.5. The Morgan fingerprint density at radius 1 is 0.404 bits per heavy atom. The van der Waals surface area contributed by atoms with Crippen LogP contribution in [0.25, 0.3) is 78.2 Å². The molecule has 0 radical (unpaired) electrons. The van der Waals surface area contributed by atoms with Crippen LogP contribution in [0.1, 0.15) is 25.0 Å². The van der Waals surface area contributed by atoms with Gasteiger partial charge in [0.25, 0.3) is 0 Å². The molecule has 0 aliphatic heterocycles. The van der Waals surface area contributed by atoms with Crippen molar-refractivity contribution >= 4 is 21.7 Å². The topological polar surface area (TPSA) is 51.6 Å². The average Bonchev–Trinajstić information content (AvgIpc) is 3.38. The molecule has 8 aromatic rings. The quantitative estimate of drug-likeness (QED) is 0.188. The molecule has 222 valence electrons. The zero-order chi connectivity index (χ0) is 31.5. The second-order valence-corrected chi connectivity index (χ2v) is 12.7. The zero-order valence-electron chi connectivity index (χ0n) is 26.1. The fraction of sp³-hybridized carbons (Fsp3) is 0.0698. The molecule has 0 fully saturated rings. The van der Waals surface area contributed by atoms with E-state index in [1.54, 1.807) is 0 Å². The Hall–Kier alpha value is -6.00. The fourth-order valence-corrected chi connectivity index (χ4v) is 7.25. The average molecular weight is 603 g/mol. The predicted molar refractivity (Wildman–Crippen MR) is 192 cm³/mol. The summed E-state index contributed by atoms with van der Waals surface area (Å²) in [5, 5.41) is 3.63. The number of fused-ring (bicyclic) bond motifs is 7. The first-order valence-electron chi connectivity index (χ1n) is 16.0. The summed E-state index contributed by atoms with van der Waals surface area (Å²) in [6.45, 7) is 4.70. The summed E-state index contributed by atoms with van der Waals surface area (Å²) in [5.41, 5.74) is 11.1. The van der Waals surface area contributed by atoms with Crippen molar-refractivity contribution in [2.45, 2.75) is 19.3 Å². The summed E-state index contributed by atoms with van der Waals surface area (Å²) in [6, 6.07) is 50.6. The second kappa shape index (κ2) is 10.5. The number of nitrogens with zero attached hydrogens (tertiary/aromatic N) is 4. The number of aromatic nitrogens is 4. The first kappa shape index (κ1) is 27.3. The molecule has 0 unspecified atom stereocenters. The van der Waals surface area contributed by atoms with Crippen LogP contribution in [-0.4, -0.2) is 19.9 Å². The Morgan fingerprint density at radius 2 is 0.936 bits per heavy atom. The largest absolute Gasteiger partial charge is 0.247 e. The highest BCUT2D eigenvalue weighted by Crippen LogP contribution is 2.53. The van der Waals surface area contributed by atoms with Crippen molar-refractivity contribution < 1.29 is 0 Å². The first-order valence-corrected chi connectivity index (χ1v) is 16.0. The molecule has 2 heterocycles. The SMILES string of the molecule is CC1(C)c2ccccc2-c2ccc3c(-c4ccc(-c5nc(-c6ccccc6)nc(-c6ccccc6)n5)cc4)nc4ccccc4c3c21. The van der Waals surface area contributed by atoms with Crippen LogP contribution in [0.4, 0.5) is 0 Å². The third kappa shape index (κ3) is 4.37. The summed E-state index contributed by atoms with van der Waals surface area (Å²) >= 11 is 0. The molecule has 47 heavy (non-hydrogen) atoms. The van der Waals surface area contributed by atoms with Gasteiger partial charge in [0.1, 0.15) is 0 Å². The van der Waals surface area contributed by atoms with Gasteiger partial charge in [0.05, 0.1) is 11.2 Å². The molecule has 2 aromatic heterocycles. The van der Waals surface area contributed by atoms with E-state index in [1.165, 1.54) is 33.0 Å². The lowest BCUT2D eigenvalue weighted by Gasteiger charge is -2.24. The summed E-state index contributed by atoms with van der Waals surface area (Å²) in [6.07, 6.45) is 0. The van der Waals surface area contributed by atoms with Crippen LogP contribution >= 0.6 is 0 Å². The minimum absolute atomic E-state index is 0.137. The van der Waals surface area contributed by atoms with E-state index in [2.05, 4.69) is 98.8 Å². The Bertz CT molecular complexity index is 2410. The molecule has 0 saturated heterocycles. The number of para-hydroxylation sites is 1. The Labute approximate surface area is 273 Å². The van der Waals surface area contributed by atoms with Crippen molar-refractivity contribution in [3.05, 3.63) is 157 Å². The molecular formula is C43H30N4. The molecular weight excluding hydrogens is 573 g/mol. The van der Waals surface area contributed by atoms with Gasteiger partial charge in [-0.25, -0.2) is 19.9 Å². The normalized spacial score (nSPS) is 13.1. The maximum atomic E-state index is 5.26. The lowest BCUT2D eigenvalue weighted by Crippen LogP contribution is -2.15. The molecule has 9 rings (SSSR count). The highest BCUT2D eigenvalue weighted by atomic mass is 15.0. The highest BCUT2D eigenvalue weighted by molar-refractivity contribution is 6.15. The van der Waals surface area contributed by atoms with Crippen LogP contribution in [0.15, 0.2) is 146 Å². The van der Waals surface area contributed by atoms with E-state index < -0.39 is 0 Å². The van der Waals surface area contributed by atoms with Crippen LogP contribution in [0.2, 0.25) is 0 Å². The molecule has 1 aliphatic carbocycles. The maximum Gasteiger partial charge on any atom is 0.164 e. The van der Waals surface area contributed by atoms with Gasteiger partial charge in [-0.2, -0.15) is 0 Å². The van der Waals surface area contributed by atoms with Crippen molar-refractivity contribution in [3.8, 4) is 56.5 Å². The maximum absolute atomic E-state index is 5.26. The van der Waals surface area contributed by atoms with Gasteiger partial charge in [0.2, 0.25) is 0 Å². The van der Waals surface area contributed by atoms with Crippen LogP contribution in [-0.2, 0) is 5.41 Å².